The van der Waals surface area contributed by atoms with Gasteiger partial charge in [-0.05, 0) is 25.7 Å². The van der Waals surface area contributed by atoms with Gasteiger partial charge in [-0.3, -0.25) is 0 Å². The Morgan fingerprint density at radius 1 is 1.30 bits per heavy atom. The maximum Gasteiger partial charge on any atom is 0.417 e. The molecule has 0 aromatic carbocycles. The summed E-state index contributed by atoms with van der Waals surface area (Å²) in [5.41, 5.74) is 0. The Bertz CT molecular complexity index is 105. The molecule has 0 amide bonds. The summed E-state index contributed by atoms with van der Waals surface area (Å²) in [6.07, 6.45) is 2.85. The molecule has 0 atom stereocenters. The molecular weight excluding hydrogens is 132 g/mol. The van der Waals surface area contributed by atoms with Crippen molar-refractivity contribution in [3.63, 3.8) is 0 Å². The summed E-state index contributed by atoms with van der Waals surface area (Å²) in [7, 11) is 0. The zero-order chi connectivity index (χ0) is 7.40. The number of rotatable bonds is 2. The summed E-state index contributed by atoms with van der Waals surface area (Å²) in [6.45, 7) is 1.42. The molecule has 0 aromatic rings. The average molecular weight is 143 g/mol. The second-order valence-electron chi connectivity index (χ2n) is 2.63. The SMILES string of the molecule is O=[C]OC1CCC(O)CC1. The van der Waals surface area contributed by atoms with Gasteiger partial charge in [-0.15, -0.1) is 0 Å². The minimum absolute atomic E-state index is 0.000833. The summed E-state index contributed by atoms with van der Waals surface area (Å²) >= 11 is 0. The molecule has 0 unspecified atom stereocenters. The van der Waals surface area contributed by atoms with Crippen molar-refractivity contribution in [1.29, 1.82) is 0 Å². The smallest absolute Gasteiger partial charge is 0.417 e. The van der Waals surface area contributed by atoms with Crippen LogP contribution in [0.5, 0.6) is 0 Å². The van der Waals surface area contributed by atoms with E-state index in [4.69, 9.17) is 5.11 Å². The van der Waals surface area contributed by atoms with Crippen molar-refractivity contribution < 1.29 is 14.6 Å². The van der Waals surface area contributed by atoms with E-state index in [2.05, 4.69) is 4.74 Å². The Morgan fingerprint density at radius 2 is 1.90 bits per heavy atom. The first-order chi connectivity index (χ1) is 4.83. The van der Waals surface area contributed by atoms with Gasteiger partial charge in [-0.2, -0.15) is 0 Å². The highest BCUT2D eigenvalue weighted by Gasteiger charge is 2.19. The van der Waals surface area contributed by atoms with E-state index in [-0.39, 0.29) is 12.2 Å². The monoisotopic (exact) mass is 143 g/mol. The Kier molecular flexibility index (Phi) is 2.68. The second-order valence-corrected chi connectivity index (χ2v) is 2.63. The van der Waals surface area contributed by atoms with Crippen LogP contribution < -0.4 is 0 Å². The molecule has 3 heteroatoms. The molecule has 1 aliphatic rings. The zero-order valence-electron chi connectivity index (χ0n) is 5.75. The number of hydrogen-bond donors (Lipinski definition) is 1. The third-order valence-electron chi connectivity index (χ3n) is 1.86. The molecule has 0 saturated heterocycles. The van der Waals surface area contributed by atoms with Crippen molar-refractivity contribution in [2.75, 3.05) is 0 Å². The summed E-state index contributed by atoms with van der Waals surface area (Å²) in [6, 6.07) is 0. The fourth-order valence-electron chi connectivity index (χ4n) is 1.23. The third kappa shape index (κ3) is 1.99. The third-order valence-corrected chi connectivity index (χ3v) is 1.86. The first kappa shape index (κ1) is 7.54. The first-order valence-electron chi connectivity index (χ1n) is 3.54. The lowest BCUT2D eigenvalue weighted by Gasteiger charge is -2.22. The van der Waals surface area contributed by atoms with Crippen molar-refractivity contribution in [1.82, 2.24) is 0 Å². The topological polar surface area (TPSA) is 46.5 Å². The maximum absolute atomic E-state index is 9.74. The lowest BCUT2D eigenvalue weighted by Crippen LogP contribution is -2.23. The minimum atomic E-state index is -0.188. The predicted molar refractivity (Wildman–Crippen MR) is 35.0 cm³/mol. The molecule has 1 aliphatic carbocycles. The Balaban J connectivity index is 2.19. The van der Waals surface area contributed by atoms with Gasteiger partial charge in [0.2, 0.25) is 0 Å². The van der Waals surface area contributed by atoms with Gasteiger partial charge in [0.05, 0.1) is 6.10 Å². The number of aliphatic hydroxyl groups is 1. The Hall–Kier alpha value is -0.570. The fourth-order valence-corrected chi connectivity index (χ4v) is 1.23. The van der Waals surface area contributed by atoms with Gasteiger partial charge in [-0.1, -0.05) is 0 Å². The van der Waals surface area contributed by atoms with E-state index < -0.39 is 0 Å². The minimum Gasteiger partial charge on any atom is -0.454 e. The molecule has 1 fully saturated rings. The van der Waals surface area contributed by atoms with Crippen molar-refractivity contribution >= 4 is 6.47 Å². The van der Waals surface area contributed by atoms with Crippen LogP contribution in [-0.4, -0.2) is 23.8 Å². The van der Waals surface area contributed by atoms with Gasteiger partial charge in [0.15, 0.2) is 0 Å². The largest absolute Gasteiger partial charge is 0.454 e. The molecular formula is C7H11O3. The van der Waals surface area contributed by atoms with Crippen LogP contribution in [-0.2, 0) is 9.53 Å². The van der Waals surface area contributed by atoms with E-state index in [0.717, 1.165) is 25.7 Å². The van der Waals surface area contributed by atoms with E-state index in [1.807, 2.05) is 0 Å². The number of ether oxygens (including phenoxy) is 1. The summed E-state index contributed by atoms with van der Waals surface area (Å²) in [5.74, 6) is 0. The molecule has 0 heterocycles. The highest BCUT2D eigenvalue weighted by molar-refractivity contribution is 5.38. The van der Waals surface area contributed by atoms with Crippen LogP contribution in [0.25, 0.3) is 0 Å². The van der Waals surface area contributed by atoms with Crippen LogP contribution >= 0.6 is 0 Å². The van der Waals surface area contributed by atoms with Gasteiger partial charge in [-0.25, -0.2) is 4.79 Å². The highest BCUT2D eigenvalue weighted by Crippen LogP contribution is 2.19. The molecule has 1 radical (unpaired) electrons. The maximum atomic E-state index is 9.74. The molecule has 57 valence electrons. The summed E-state index contributed by atoms with van der Waals surface area (Å²) < 4.78 is 4.61. The lowest BCUT2D eigenvalue weighted by atomic mass is 9.95. The van der Waals surface area contributed by atoms with Crippen molar-refractivity contribution in [3.05, 3.63) is 0 Å². The first-order valence-corrected chi connectivity index (χ1v) is 3.54. The molecule has 0 bridgehead atoms. The van der Waals surface area contributed by atoms with Crippen molar-refractivity contribution in [2.45, 2.75) is 37.9 Å². The number of aliphatic hydroxyl groups excluding tert-OH is 1. The quantitative estimate of drug-likeness (QED) is 0.607. The average Bonchev–Trinajstić information content (AvgIpc) is 1.95. The number of hydrogen-bond acceptors (Lipinski definition) is 3. The van der Waals surface area contributed by atoms with Gasteiger partial charge in [0, 0.05) is 0 Å². The molecule has 10 heavy (non-hydrogen) atoms. The lowest BCUT2D eigenvalue weighted by molar-refractivity contribution is 0.0587. The van der Waals surface area contributed by atoms with Crippen LogP contribution in [0.15, 0.2) is 0 Å². The van der Waals surface area contributed by atoms with E-state index in [0.29, 0.717) is 0 Å². The molecule has 0 spiro atoms. The van der Waals surface area contributed by atoms with Crippen molar-refractivity contribution in [3.8, 4) is 0 Å². The molecule has 1 N–H and O–H groups in total. The van der Waals surface area contributed by atoms with E-state index in [1.54, 1.807) is 0 Å². The van der Waals surface area contributed by atoms with E-state index in [1.165, 1.54) is 6.47 Å². The Labute approximate surface area is 60.0 Å². The molecule has 0 aromatic heterocycles. The highest BCUT2D eigenvalue weighted by atomic mass is 16.5. The summed E-state index contributed by atoms with van der Waals surface area (Å²) in [5, 5.41) is 9.04. The van der Waals surface area contributed by atoms with Crippen LogP contribution in [0.2, 0.25) is 0 Å². The Morgan fingerprint density at radius 3 is 2.40 bits per heavy atom. The summed E-state index contributed by atoms with van der Waals surface area (Å²) in [4.78, 5) is 9.74. The number of carbonyl (C=O) groups excluding carboxylic acids is 1. The van der Waals surface area contributed by atoms with Gasteiger partial charge in [0.25, 0.3) is 0 Å². The predicted octanol–water partition coefficient (Wildman–Crippen LogP) is 0.374. The zero-order valence-corrected chi connectivity index (χ0v) is 5.75. The molecule has 1 saturated carbocycles. The van der Waals surface area contributed by atoms with Gasteiger partial charge in [0.1, 0.15) is 6.10 Å². The molecule has 0 aliphatic heterocycles. The van der Waals surface area contributed by atoms with Crippen LogP contribution in [0.1, 0.15) is 25.7 Å². The fraction of sp³-hybridized carbons (Fsp3) is 0.857. The van der Waals surface area contributed by atoms with Crippen molar-refractivity contribution in [2.24, 2.45) is 0 Å². The van der Waals surface area contributed by atoms with Crippen LogP contribution in [0.3, 0.4) is 0 Å². The van der Waals surface area contributed by atoms with E-state index in [9.17, 15) is 4.79 Å². The van der Waals surface area contributed by atoms with E-state index >= 15 is 0 Å². The van der Waals surface area contributed by atoms with Gasteiger partial charge < -0.3 is 9.84 Å². The second kappa shape index (κ2) is 3.56. The van der Waals surface area contributed by atoms with Crippen LogP contribution in [0.4, 0.5) is 0 Å². The van der Waals surface area contributed by atoms with Crippen LogP contribution in [0, 0.1) is 0 Å². The standard InChI is InChI=1S/C7H11O3/c8-5-10-7-3-1-6(9)2-4-7/h6-7,9H,1-4H2. The van der Waals surface area contributed by atoms with Gasteiger partial charge >= 0.3 is 6.47 Å². The normalized spacial score (nSPS) is 33.3. The molecule has 3 nitrogen and oxygen atoms in total. The molecule has 1 rings (SSSR count).